The van der Waals surface area contributed by atoms with Gasteiger partial charge < -0.3 is 15.5 Å². The van der Waals surface area contributed by atoms with Gasteiger partial charge in [-0.1, -0.05) is 52.8 Å². The molecule has 1 aliphatic carbocycles. The highest BCUT2D eigenvalue weighted by molar-refractivity contribution is 6.03. The van der Waals surface area contributed by atoms with Gasteiger partial charge in [-0.3, -0.25) is 14.4 Å². The van der Waals surface area contributed by atoms with Crippen molar-refractivity contribution in [2.24, 2.45) is 22.7 Å². The maximum Gasteiger partial charge on any atom is 0.244 e. The first-order chi connectivity index (χ1) is 14.9. The first-order valence-electron chi connectivity index (χ1n) is 11.3. The number of benzene rings is 1. The predicted octanol–water partition coefficient (Wildman–Crippen LogP) is 3.04. The maximum absolute atomic E-state index is 13.4. The highest BCUT2D eigenvalue weighted by Gasteiger charge is 2.69. The van der Waals surface area contributed by atoms with Crippen LogP contribution in [0.5, 0.6) is 0 Å². The monoisotopic (exact) mass is 436 g/mol. The van der Waals surface area contributed by atoms with Crippen molar-refractivity contribution in [3.63, 3.8) is 0 Å². The Morgan fingerprint density at radius 1 is 1.31 bits per heavy atom. The summed E-state index contributed by atoms with van der Waals surface area (Å²) in [6.45, 7) is 10.9. The Labute approximate surface area is 189 Å². The molecule has 0 spiro atoms. The largest absolute Gasteiger partial charge is 0.339 e. The molecule has 2 fully saturated rings. The average molecular weight is 437 g/mol. The van der Waals surface area contributed by atoms with E-state index in [1.165, 1.54) is 0 Å². The van der Waals surface area contributed by atoms with Gasteiger partial charge in [0.05, 0.1) is 12.0 Å². The zero-order valence-electron chi connectivity index (χ0n) is 19.4. The lowest BCUT2D eigenvalue weighted by molar-refractivity contribution is -0.141. The van der Waals surface area contributed by atoms with E-state index < -0.39 is 18.0 Å². The van der Waals surface area contributed by atoms with Crippen molar-refractivity contribution in [2.75, 3.05) is 11.9 Å². The molecule has 1 unspecified atom stereocenters. The van der Waals surface area contributed by atoms with Gasteiger partial charge >= 0.3 is 0 Å². The second-order valence-corrected chi connectivity index (χ2v) is 11.2. The fraction of sp³-hybridized carbons (Fsp3) is 0.600. The van der Waals surface area contributed by atoms with Crippen LogP contribution < -0.4 is 10.6 Å². The van der Waals surface area contributed by atoms with Gasteiger partial charge in [0, 0.05) is 18.7 Å². The molecular formula is C25H32N4O3. The average Bonchev–Trinajstić information content (AvgIpc) is 3.02. The minimum atomic E-state index is -0.815. The molecule has 1 saturated heterocycles. The van der Waals surface area contributed by atoms with Crippen LogP contribution in [0.2, 0.25) is 0 Å². The number of fused-ring (bicyclic) bond motifs is 2. The van der Waals surface area contributed by atoms with Crippen molar-refractivity contribution in [3.8, 4) is 6.07 Å². The first kappa shape index (κ1) is 22.3. The number of nitrogens with one attached hydrogen (secondary N) is 2. The molecule has 32 heavy (non-hydrogen) atoms. The van der Waals surface area contributed by atoms with Crippen LogP contribution in [0.15, 0.2) is 24.3 Å². The molecule has 0 bridgehead atoms. The van der Waals surface area contributed by atoms with Crippen molar-refractivity contribution in [3.05, 3.63) is 29.8 Å². The van der Waals surface area contributed by atoms with Gasteiger partial charge in [0.2, 0.25) is 17.7 Å². The Kier molecular flexibility index (Phi) is 5.31. The maximum atomic E-state index is 13.4. The topological polar surface area (TPSA) is 102 Å². The van der Waals surface area contributed by atoms with Crippen molar-refractivity contribution < 1.29 is 14.4 Å². The molecule has 3 amide bonds. The third-order valence-electron chi connectivity index (χ3n) is 7.33. The molecule has 2 N–H and O–H groups in total. The molecule has 1 aromatic carbocycles. The summed E-state index contributed by atoms with van der Waals surface area (Å²) in [7, 11) is 0. The van der Waals surface area contributed by atoms with Gasteiger partial charge in [-0.25, -0.2) is 0 Å². The summed E-state index contributed by atoms with van der Waals surface area (Å²) >= 11 is 0. The number of carbonyl (C=O) groups excluding carboxylic acids is 3. The molecule has 2 heterocycles. The van der Waals surface area contributed by atoms with E-state index in [4.69, 9.17) is 0 Å². The number of hydrogen-bond acceptors (Lipinski definition) is 4. The van der Waals surface area contributed by atoms with Crippen LogP contribution in [0.3, 0.4) is 0 Å². The van der Waals surface area contributed by atoms with E-state index >= 15 is 0 Å². The minimum absolute atomic E-state index is 0.00688. The van der Waals surface area contributed by atoms with Crippen molar-refractivity contribution in [1.29, 1.82) is 5.26 Å². The molecule has 3 aliphatic rings. The molecule has 170 valence electrons. The molecule has 4 rings (SSSR count). The molecule has 0 radical (unpaired) electrons. The van der Waals surface area contributed by atoms with Crippen LogP contribution in [0, 0.1) is 34.0 Å². The summed E-state index contributed by atoms with van der Waals surface area (Å²) in [6.07, 6.45) is 0.572. The lowest BCUT2D eigenvalue weighted by Crippen LogP contribution is -2.52. The number of hydrogen-bond donors (Lipinski definition) is 2. The molecule has 0 aromatic heterocycles. The van der Waals surface area contributed by atoms with Crippen LogP contribution in [-0.4, -0.2) is 41.2 Å². The number of nitriles is 1. The Morgan fingerprint density at radius 3 is 2.66 bits per heavy atom. The Morgan fingerprint density at radius 2 is 2.00 bits per heavy atom. The van der Waals surface area contributed by atoms with Gasteiger partial charge in [-0.2, -0.15) is 5.26 Å². The van der Waals surface area contributed by atoms with E-state index in [9.17, 15) is 19.6 Å². The molecule has 1 saturated carbocycles. The number of piperidine rings is 1. The predicted molar refractivity (Wildman–Crippen MR) is 120 cm³/mol. The molecule has 7 nitrogen and oxygen atoms in total. The number of amides is 3. The SMILES string of the molecule is CC(C)(C)CC(=O)N1C[C@H]2[C@@H]([C@H]1C(=O)N[C@H](C#N)CC1C(=O)Nc3ccccc31)C2(C)C. The number of para-hydroxylation sites is 1. The number of rotatable bonds is 5. The zero-order chi connectivity index (χ0) is 23.4. The van der Waals surface area contributed by atoms with Crippen molar-refractivity contribution >= 4 is 23.4 Å². The summed E-state index contributed by atoms with van der Waals surface area (Å²) < 4.78 is 0. The highest BCUT2D eigenvalue weighted by Crippen LogP contribution is 2.65. The lowest BCUT2D eigenvalue weighted by atomic mass is 9.90. The second-order valence-electron chi connectivity index (χ2n) is 11.2. The summed E-state index contributed by atoms with van der Waals surface area (Å²) in [5, 5.41) is 15.4. The van der Waals surface area contributed by atoms with Gasteiger partial charge in [0.1, 0.15) is 12.1 Å². The molecule has 2 aliphatic heterocycles. The smallest absolute Gasteiger partial charge is 0.244 e. The number of likely N-dealkylation sites (tertiary alicyclic amines) is 1. The van der Waals surface area contributed by atoms with Gasteiger partial charge in [0.25, 0.3) is 0 Å². The summed E-state index contributed by atoms with van der Waals surface area (Å²) in [5.41, 5.74) is 1.44. The van der Waals surface area contributed by atoms with E-state index in [-0.39, 0.29) is 40.9 Å². The van der Waals surface area contributed by atoms with Crippen LogP contribution in [-0.2, 0) is 14.4 Å². The molecule has 1 aromatic rings. The zero-order valence-corrected chi connectivity index (χ0v) is 19.4. The Balaban J connectivity index is 1.49. The molecular weight excluding hydrogens is 404 g/mol. The van der Waals surface area contributed by atoms with Gasteiger partial charge in [0.15, 0.2) is 0 Å². The fourth-order valence-electron chi connectivity index (χ4n) is 5.54. The van der Waals surface area contributed by atoms with Crippen LogP contribution in [0.25, 0.3) is 0 Å². The van der Waals surface area contributed by atoms with Crippen molar-refractivity contribution in [1.82, 2.24) is 10.2 Å². The van der Waals surface area contributed by atoms with Crippen LogP contribution in [0.4, 0.5) is 5.69 Å². The number of anilines is 1. The fourth-order valence-corrected chi connectivity index (χ4v) is 5.54. The highest BCUT2D eigenvalue weighted by atomic mass is 16.2. The summed E-state index contributed by atoms with van der Waals surface area (Å²) in [5.74, 6) is -0.548. The van der Waals surface area contributed by atoms with E-state index in [1.807, 2.05) is 45.0 Å². The van der Waals surface area contributed by atoms with E-state index in [2.05, 4.69) is 30.6 Å². The van der Waals surface area contributed by atoms with E-state index in [1.54, 1.807) is 4.90 Å². The lowest BCUT2D eigenvalue weighted by Gasteiger charge is -2.32. The standard InChI is InChI=1S/C25H32N4O3/c1-24(2,3)11-19(30)29-13-17-20(25(17,4)5)21(29)23(32)27-14(12-26)10-16-15-8-6-7-9-18(15)28-22(16)31/h6-9,14,16-17,20-21H,10-11,13H2,1-5H3,(H,27,32)(H,28,31)/t14-,16?,17-,20-,21-/m0/s1. The Hall–Kier alpha value is -2.88. The quantitative estimate of drug-likeness (QED) is 0.741. The summed E-state index contributed by atoms with van der Waals surface area (Å²) in [4.78, 5) is 40.5. The van der Waals surface area contributed by atoms with E-state index in [0.29, 0.717) is 18.9 Å². The number of carbonyl (C=O) groups is 3. The van der Waals surface area contributed by atoms with Gasteiger partial charge in [-0.15, -0.1) is 0 Å². The molecule has 7 heteroatoms. The first-order valence-corrected chi connectivity index (χ1v) is 11.3. The number of nitrogens with zero attached hydrogens (tertiary/aromatic N) is 2. The molecule has 5 atom stereocenters. The normalized spacial score (nSPS) is 28.2. The van der Waals surface area contributed by atoms with E-state index in [0.717, 1.165) is 11.3 Å². The van der Waals surface area contributed by atoms with Crippen LogP contribution >= 0.6 is 0 Å². The summed E-state index contributed by atoms with van der Waals surface area (Å²) in [6, 6.07) is 8.18. The third-order valence-corrected chi connectivity index (χ3v) is 7.33. The van der Waals surface area contributed by atoms with Gasteiger partial charge in [-0.05, 0) is 40.7 Å². The minimum Gasteiger partial charge on any atom is -0.339 e. The Bertz CT molecular complexity index is 1000. The van der Waals surface area contributed by atoms with Crippen molar-refractivity contribution in [2.45, 2.75) is 65.5 Å². The van der Waals surface area contributed by atoms with Crippen LogP contribution in [0.1, 0.15) is 58.9 Å². The second kappa shape index (κ2) is 7.61. The third kappa shape index (κ3) is 3.87.